The van der Waals surface area contributed by atoms with E-state index in [0.717, 1.165) is 31.2 Å². The minimum atomic E-state index is -2.69. The molecule has 11 heteroatoms. The maximum absolute atomic E-state index is 14.0. The summed E-state index contributed by atoms with van der Waals surface area (Å²) in [5.74, 6) is -2.50. The fourth-order valence-corrected chi connectivity index (χ4v) is 5.80. The Bertz CT molecular complexity index is 1320. The first kappa shape index (κ1) is 27.2. The van der Waals surface area contributed by atoms with Crippen LogP contribution in [0.25, 0.3) is 5.65 Å². The summed E-state index contributed by atoms with van der Waals surface area (Å²) in [6.07, 6.45) is 8.05. The van der Waals surface area contributed by atoms with Crippen molar-refractivity contribution in [2.45, 2.75) is 96.6 Å². The summed E-state index contributed by atoms with van der Waals surface area (Å²) < 4.78 is 34.8. The molecular formula is C28H36F2N6O3. The SMILES string of the molecule is CCCC(=O)N[C@@H](c1cnn2cc([C@@H](NC(=O)c3c(C)noc3C)C3CCC(F)(F)CC3)nc2c1)C1CCC1. The Morgan fingerprint density at radius 3 is 2.46 bits per heavy atom. The summed E-state index contributed by atoms with van der Waals surface area (Å²) in [5, 5.41) is 14.7. The first-order valence-corrected chi connectivity index (χ1v) is 13.9. The van der Waals surface area contributed by atoms with Crippen LogP contribution in [0, 0.1) is 25.7 Å². The van der Waals surface area contributed by atoms with Gasteiger partial charge in [0.2, 0.25) is 11.8 Å². The van der Waals surface area contributed by atoms with Crippen LogP contribution in [0.5, 0.6) is 0 Å². The van der Waals surface area contributed by atoms with E-state index in [1.54, 1.807) is 30.8 Å². The van der Waals surface area contributed by atoms with Crippen LogP contribution in [-0.4, -0.2) is 37.5 Å². The minimum Gasteiger partial charge on any atom is -0.361 e. The number of alkyl halides is 2. The van der Waals surface area contributed by atoms with Gasteiger partial charge < -0.3 is 15.2 Å². The lowest BCUT2D eigenvalue weighted by Gasteiger charge is -2.34. The predicted octanol–water partition coefficient (Wildman–Crippen LogP) is 5.39. The van der Waals surface area contributed by atoms with Crippen LogP contribution in [-0.2, 0) is 4.79 Å². The zero-order chi connectivity index (χ0) is 27.7. The largest absolute Gasteiger partial charge is 0.361 e. The number of carbonyl (C=O) groups is 2. The van der Waals surface area contributed by atoms with Gasteiger partial charge in [0.1, 0.15) is 11.3 Å². The lowest BCUT2D eigenvalue weighted by Crippen LogP contribution is -2.37. The number of nitrogens with zero attached hydrogens (tertiary/aromatic N) is 4. The van der Waals surface area contributed by atoms with Crippen molar-refractivity contribution in [1.29, 1.82) is 0 Å². The number of rotatable bonds is 9. The van der Waals surface area contributed by atoms with E-state index in [1.165, 1.54) is 0 Å². The minimum absolute atomic E-state index is 0.0227. The van der Waals surface area contributed by atoms with Crippen molar-refractivity contribution in [1.82, 2.24) is 30.4 Å². The monoisotopic (exact) mass is 542 g/mol. The van der Waals surface area contributed by atoms with Crippen molar-refractivity contribution in [3.63, 3.8) is 0 Å². The molecule has 3 aromatic rings. The second-order valence-corrected chi connectivity index (χ2v) is 11.1. The topological polar surface area (TPSA) is 114 Å². The quantitative estimate of drug-likeness (QED) is 0.375. The summed E-state index contributed by atoms with van der Waals surface area (Å²) >= 11 is 0. The van der Waals surface area contributed by atoms with Gasteiger partial charge in [0.15, 0.2) is 5.65 Å². The van der Waals surface area contributed by atoms with Gasteiger partial charge in [0, 0.05) is 19.3 Å². The van der Waals surface area contributed by atoms with Crippen LogP contribution in [0.1, 0.15) is 110 Å². The van der Waals surface area contributed by atoms with Crippen LogP contribution in [0.15, 0.2) is 23.0 Å². The van der Waals surface area contributed by atoms with Gasteiger partial charge in [-0.05, 0) is 69.4 Å². The molecule has 9 nitrogen and oxygen atoms in total. The van der Waals surface area contributed by atoms with Crippen LogP contribution in [0.4, 0.5) is 8.78 Å². The standard InChI is InChI=1S/C28H36F2N6O3/c1-4-6-23(37)33-25(18-7-5-8-18)20-13-22-32-21(15-36(22)31-14-20)26(19-9-11-28(29,30)12-10-19)34-27(38)24-16(2)35-39-17(24)3/h13-15,18-19,25-26H,4-12H2,1-3H3,(H,33,37)(H,34,38)/t25-,26+/m1/s1. The summed E-state index contributed by atoms with van der Waals surface area (Å²) in [7, 11) is 0. The van der Waals surface area contributed by atoms with E-state index in [1.807, 2.05) is 13.0 Å². The summed E-state index contributed by atoms with van der Waals surface area (Å²) in [6, 6.07) is 1.21. The Morgan fingerprint density at radius 1 is 1.13 bits per heavy atom. The number of aryl methyl sites for hydroxylation is 2. The van der Waals surface area contributed by atoms with E-state index in [9.17, 15) is 18.4 Å². The average molecular weight is 543 g/mol. The zero-order valence-electron chi connectivity index (χ0n) is 22.7. The zero-order valence-corrected chi connectivity index (χ0v) is 22.7. The van der Waals surface area contributed by atoms with Gasteiger partial charge in [0.05, 0.1) is 35.9 Å². The Morgan fingerprint density at radius 2 is 1.85 bits per heavy atom. The molecule has 0 saturated heterocycles. The molecule has 3 aromatic heterocycles. The Kier molecular flexibility index (Phi) is 7.68. The summed E-state index contributed by atoms with van der Waals surface area (Å²) in [6.45, 7) is 5.33. The molecule has 2 atom stereocenters. The molecule has 0 radical (unpaired) electrons. The molecule has 0 bridgehead atoms. The highest BCUT2D eigenvalue weighted by molar-refractivity contribution is 5.96. The molecule has 2 aliphatic rings. The molecule has 2 N–H and O–H groups in total. The van der Waals surface area contributed by atoms with Crippen LogP contribution >= 0.6 is 0 Å². The molecule has 2 saturated carbocycles. The number of hydrogen-bond acceptors (Lipinski definition) is 6. The van der Waals surface area contributed by atoms with Crippen molar-refractivity contribution in [3.8, 4) is 0 Å². The van der Waals surface area contributed by atoms with Gasteiger partial charge in [-0.2, -0.15) is 5.10 Å². The Labute approximate surface area is 226 Å². The summed E-state index contributed by atoms with van der Waals surface area (Å²) in [4.78, 5) is 30.5. The number of hydrogen-bond donors (Lipinski definition) is 2. The van der Waals surface area contributed by atoms with Gasteiger partial charge in [-0.3, -0.25) is 9.59 Å². The third kappa shape index (κ3) is 5.81. The number of amides is 2. The third-order valence-electron chi connectivity index (χ3n) is 8.23. The molecule has 2 amide bonds. The molecule has 2 aliphatic carbocycles. The lowest BCUT2D eigenvalue weighted by atomic mass is 9.77. The molecule has 0 aliphatic heterocycles. The fourth-order valence-electron chi connectivity index (χ4n) is 5.80. The van der Waals surface area contributed by atoms with E-state index < -0.39 is 12.0 Å². The maximum Gasteiger partial charge on any atom is 0.257 e. The molecule has 0 spiro atoms. The lowest BCUT2D eigenvalue weighted by molar-refractivity contribution is -0.122. The molecule has 0 unspecified atom stereocenters. The average Bonchev–Trinajstić information content (AvgIpc) is 3.43. The van der Waals surface area contributed by atoms with Gasteiger partial charge >= 0.3 is 0 Å². The van der Waals surface area contributed by atoms with Crippen LogP contribution in [0.2, 0.25) is 0 Å². The van der Waals surface area contributed by atoms with Gasteiger partial charge in [-0.15, -0.1) is 0 Å². The van der Waals surface area contributed by atoms with Gasteiger partial charge in [0.25, 0.3) is 5.91 Å². The highest BCUT2D eigenvalue weighted by Crippen LogP contribution is 2.42. The summed E-state index contributed by atoms with van der Waals surface area (Å²) in [5.41, 5.74) is 2.84. The predicted molar refractivity (Wildman–Crippen MR) is 139 cm³/mol. The smallest absolute Gasteiger partial charge is 0.257 e. The van der Waals surface area contributed by atoms with E-state index in [2.05, 4.69) is 20.9 Å². The Balaban J connectivity index is 1.45. The number of imidazole rings is 1. The molecule has 2 fully saturated rings. The third-order valence-corrected chi connectivity index (χ3v) is 8.23. The Hall–Kier alpha value is -3.37. The van der Waals surface area contributed by atoms with Crippen molar-refractivity contribution < 1.29 is 22.9 Å². The number of nitrogens with one attached hydrogen (secondary N) is 2. The molecular weight excluding hydrogens is 506 g/mol. The number of halogens is 2. The highest BCUT2D eigenvalue weighted by Gasteiger charge is 2.40. The maximum atomic E-state index is 14.0. The van der Waals surface area contributed by atoms with Crippen molar-refractivity contribution >= 4 is 17.5 Å². The van der Waals surface area contributed by atoms with E-state index in [4.69, 9.17) is 9.51 Å². The van der Waals surface area contributed by atoms with Gasteiger partial charge in [-0.1, -0.05) is 18.5 Å². The molecule has 0 aromatic carbocycles. The first-order chi connectivity index (χ1) is 18.6. The van der Waals surface area contributed by atoms with Gasteiger partial charge in [-0.25, -0.2) is 18.3 Å². The van der Waals surface area contributed by atoms with E-state index in [0.29, 0.717) is 40.7 Å². The molecule has 39 heavy (non-hydrogen) atoms. The van der Waals surface area contributed by atoms with Crippen LogP contribution in [0.3, 0.4) is 0 Å². The second-order valence-electron chi connectivity index (χ2n) is 11.1. The van der Waals surface area contributed by atoms with E-state index in [-0.39, 0.29) is 49.5 Å². The highest BCUT2D eigenvalue weighted by atomic mass is 19.3. The molecule has 5 rings (SSSR count). The first-order valence-electron chi connectivity index (χ1n) is 13.9. The van der Waals surface area contributed by atoms with Crippen molar-refractivity contribution in [3.05, 3.63) is 46.7 Å². The normalized spacial score (nSPS) is 19.4. The molecule has 210 valence electrons. The molecule has 3 heterocycles. The number of carbonyl (C=O) groups excluding carboxylic acids is 2. The van der Waals surface area contributed by atoms with E-state index >= 15 is 0 Å². The second kappa shape index (κ2) is 11.0. The number of aromatic nitrogens is 4. The number of fused-ring (bicyclic) bond motifs is 1. The van der Waals surface area contributed by atoms with Crippen LogP contribution < -0.4 is 10.6 Å². The van der Waals surface area contributed by atoms with Crippen molar-refractivity contribution in [2.75, 3.05) is 0 Å². The fraction of sp³-hybridized carbons (Fsp3) is 0.607. The van der Waals surface area contributed by atoms with Crippen molar-refractivity contribution in [2.24, 2.45) is 11.8 Å².